The molecule has 1 aliphatic heterocycles. The van der Waals surface area contributed by atoms with Gasteiger partial charge < -0.3 is 14.4 Å². The lowest BCUT2D eigenvalue weighted by atomic mass is 9.83. The van der Waals surface area contributed by atoms with Gasteiger partial charge in [0.1, 0.15) is 6.29 Å². The van der Waals surface area contributed by atoms with Crippen LogP contribution in [0.3, 0.4) is 0 Å². The summed E-state index contributed by atoms with van der Waals surface area (Å²) in [6.07, 6.45) is 10.1. The molecule has 18 heavy (non-hydrogen) atoms. The molecule has 0 aromatic carbocycles. The first kappa shape index (κ1) is 14.0. The van der Waals surface area contributed by atoms with Crippen molar-refractivity contribution in [1.82, 2.24) is 4.90 Å². The summed E-state index contributed by atoms with van der Waals surface area (Å²) in [5.74, 6) is 0.844. The van der Waals surface area contributed by atoms with Crippen molar-refractivity contribution in [3.8, 4) is 0 Å². The van der Waals surface area contributed by atoms with Crippen LogP contribution in [-0.2, 0) is 9.53 Å². The highest BCUT2D eigenvalue weighted by Gasteiger charge is 2.34. The third kappa shape index (κ3) is 3.79. The molecule has 0 spiro atoms. The van der Waals surface area contributed by atoms with Gasteiger partial charge in [-0.2, -0.15) is 0 Å². The van der Waals surface area contributed by atoms with Gasteiger partial charge in [-0.15, -0.1) is 0 Å². The molecule has 0 aromatic rings. The van der Waals surface area contributed by atoms with Crippen LogP contribution in [-0.4, -0.2) is 44.5 Å². The van der Waals surface area contributed by atoms with Crippen LogP contribution < -0.4 is 0 Å². The Kier molecular flexibility index (Phi) is 5.19. The monoisotopic (exact) mass is 253 g/mol. The van der Waals surface area contributed by atoms with Crippen LogP contribution >= 0.6 is 0 Å². The minimum Gasteiger partial charge on any atom is -0.380 e. The average molecular weight is 253 g/mol. The van der Waals surface area contributed by atoms with Crippen molar-refractivity contribution in [2.24, 2.45) is 11.3 Å². The molecule has 1 saturated carbocycles. The smallest absolute Gasteiger partial charge is 0.129 e. The summed E-state index contributed by atoms with van der Waals surface area (Å²) in [7, 11) is 2.16. The second-order valence-electron chi connectivity index (χ2n) is 6.34. The third-order valence-electron chi connectivity index (χ3n) is 4.48. The Morgan fingerprint density at radius 3 is 2.67 bits per heavy atom. The zero-order valence-corrected chi connectivity index (χ0v) is 11.7. The maximum atomic E-state index is 11.4. The Morgan fingerprint density at radius 1 is 1.28 bits per heavy atom. The minimum absolute atomic E-state index is 0.234. The van der Waals surface area contributed by atoms with Crippen molar-refractivity contribution in [2.45, 2.75) is 44.9 Å². The third-order valence-corrected chi connectivity index (χ3v) is 4.48. The van der Waals surface area contributed by atoms with Crippen LogP contribution in [0.4, 0.5) is 0 Å². The quantitative estimate of drug-likeness (QED) is 0.705. The number of ether oxygens (including phenoxy) is 1. The maximum Gasteiger partial charge on any atom is 0.129 e. The molecule has 3 nitrogen and oxygen atoms in total. The number of hydrogen-bond donors (Lipinski definition) is 0. The molecule has 1 aliphatic carbocycles. The summed E-state index contributed by atoms with van der Waals surface area (Å²) in [5.41, 5.74) is -0.234. The van der Waals surface area contributed by atoms with E-state index in [4.69, 9.17) is 4.74 Å². The minimum atomic E-state index is -0.234. The van der Waals surface area contributed by atoms with Crippen molar-refractivity contribution < 1.29 is 9.53 Å². The lowest BCUT2D eigenvalue weighted by molar-refractivity contribution is -0.125. The van der Waals surface area contributed by atoms with E-state index in [1.165, 1.54) is 32.1 Å². The van der Waals surface area contributed by atoms with Crippen molar-refractivity contribution in [3.05, 3.63) is 0 Å². The molecular weight excluding hydrogens is 226 g/mol. The predicted molar refractivity (Wildman–Crippen MR) is 72.6 cm³/mol. The van der Waals surface area contributed by atoms with E-state index in [-0.39, 0.29) is 5.41 Å². The topological polar surface area (TPSA) is 29.5 Å². The molecular formula is C15H27NO2. The Morgan fingerprint density at radius 2 is 2.06 bits per heavy atom. The second kappa shape index (κ2) is 6.67. The van der Waals surface area contributed by atoms with E-state index in [0.29, 0.717) is 6.61 Å². The maximum absolute atomic E-state index is 11.4. The molecule has 1 heterocycles. The normalized spacial score (nSPS) is 30.6. The zero-order valence-electron chi connectivity index (χ0n) is 11.7. The van der Waals surface area contributed by atoms with Crippen LogP contribution in [0.5, 0.6) is 0 Å². The highest BCUT2D eigenvalue weighted by molar-refractivity contribution is 5.60. The van der Waals surface area contributed by atoms with Crippen molar-refractivity contribution >= 4 is 6.29 Å². The van der Waals surface area contributed by atoms with Crippen molar-refractivity contribution in [2.75, 3.05) is 33.4 Å². The van der Waals surface area contributed by atoms with Gasteiger partial charge in [0.2, 0.25) is 0 Å². The molecule has 0 amide bonds. The molecule has 2 fully saturated rings. The number of carbonyl (C=O) groups excluding carboxylic acids is 1. The van der Waals surface area contributed by atoms with E-state index < -0.39 is 0 Å². The highest BCUT2D eigenvalue weighted by Crippen LogP contribution is 2.29. The van der Waals surface area contributed by atoms with Crippen LogP contribution in [0.1, 0.15) is 44.9 Å². The Balaban J connectivity index is 1.80. The Bertz CT molecular complexity index is 255. The molecule has 0 aromatic heterocycles. The fourth-order valence-electron chi connectivity index (χ4n) is 3.54. The summed E-state index contributed by atoms with van der Waals surface area (Å²) in [4.78, 5) is 13.8. The summed E-state index contributed by atoms with van der Waals surface area (Å²) in [6, 6.07) is 0. The van der Waals surface area contributed by atoms with Gasteiger partial charge >= 0.3 is 0 Å². The van der Waals surface area contributed by atoms with Crippen LogP contribution in [0, 0.1) is 11.3 Å². The molecule has 104 valence electrons. The average Bonchev–Trinajstić information content (AvgIpc) is 2.41. The second-order valence-corrected chi connectivity index (χ2v) is 6.34. The van der Waals surface area contributed by atoms with Crippen LogP contribution in [0.2, 0.25) is 0 Å². The van der Waals surface area contributed by atoms with E-state index in [9.17, 15) is 4.79 Å². The van der Waals surface area contributed by atoms with E-state index in [2.05, 4.69) is 11.9 Å². The first-order valence-corrected chi connectivity index (χ1v) is 7.47. The molecule has 3 heteroatoms. The SMILES string of the molecule is CN(CC1CCCCC1)CC1(C=O)CCCOC1. The fraction of sp³-hybridized carbons (Fsp3) is 0.933. The number of nitrogens with zero attached hydrogens (tertiary/aromatic N) is 1. The lowest BCUT2D eigenvalue weighted by Crippen LogP contribution is -2.44. The number of carbonyl (C=O) groups is 1. The largest absolute Gasteiger partial charge is 0.380 e. The fourth-order valence-corrected chi connectivity index (χ4v) is 3.54. The van der Waals surface area contributed by atoms with Gasteiger partial charge in [0.15, 0.2) is 0 Å². The molecule has 2 aliphatic rings. The first-order chi connectivity index (χ1) is 8.74. The van der Waals surface area contributed by atoms with Gasteiger partial charge in [-0.1, -0.05) is 19.3 Å². The molecule has 1 saturated heterocycles. The first-order valence-electron chi connectivity index (χ1n) is 7.47. The van der Waals surface area contributed by atoms with E-state index >= 15 is 0 Å². The van der Waals surface area contributed by atoms with Gasteiger partial charge in [0.05, 0.1) is 12.0 Å². The van der Waals surface area contributed by atoms with Crippen molar-refractivity contribution in [3.63, 3.8) is 0 Å². The summed E-state index contributed by atoms with van der Waals surface area (Å²) in [5, 5.41) is 0. The predicted octanol–water partition coefficient (Wildman–Crippen LogP) is 2.49. The molecule has 0 radical (unpaired) electrons. The molecule has 1 unspecified atom stereocenters. The summed E-state index contributed by atoms with van der Waals surface area (Å²) < 4.78 is 5.51. The molecule has 0 bridgehead atoms. The van der Waals surface area contributed by atoms with Gasteiger partial charge in [-0.25, -0.2) is 0 Å². The Labute approximate surface area is 111 Å². The highest BCUT2D eigenvalue weighted by atomic mass is 16.5. The molecule has 2 rings (SSSR count). The number of rotatable bonds is 5. The number of hydrogen-bond acceptors (Lipinski definition) is 3. The summed E-state index contributed by atoms with van der Waals surface area (Å²) in [6.45, 7) is 3.45. The van der Waals surface area contributed by atoms with Crippen LogP contribution in [0.15, 0.2) is 0 Å². The van der Waals surface area contributed by atoms with Crippen molar-refractivity contribution in [1.29, 1.82) is 0 Å². The van der Waals surface area contributed by atoms with Gasteiger partial charge in [-0.05, 0) is 38.6 Å². The van der Waals surface area contributed by atoms with Crippen LogP contribution in [0.25, 0.3) is 0 Å². The molecule has 1 atom stereocenters. The number of aldehydes is 1. The van der Waals surface area contributed by atoms with E-state index in [0.717, 1.165) is 44.7 Å². The van der Waals surface area contributed by atoms with Gasteiger partial charge in [-0.3, -0.25) is 0 Å². The van der Waals surface area contributed by atoms with Gasteiger partial charge in [0, 0.05) is 19.7 Å². The van der Waals surface area contributed by atoms with E-state index in [1.807, 2.05) is 0 Å². The zero-order chi connectivity index (χ0) is 12.8. The van der Waals surface area contributed by atoms with Gasteiger partial charge in [0.25, 0.3) is 0 Å². The lowest BCUT2D eigenvalue weighted by Gasteiger charge is -2.37. The molecule has 0 N–H and O–H groups in total. The standard InChI is InChI=1S/C15H27NO2/c1-16(10-14-6-3-2-4-7-14)11-15(12-17)8-5-9-18-13-15/h12,14H,2-11,13H2,1H3. The Hall–Kier alpha value is -0.410. The van der Waals surface area contributed by atoms with E-state index in [1.54, 1.807) is 0 Å². The summed E-state index contributed by atoms with van der Waals surface area (Å²) >= 11 is 0.